The summed E-state index contributed by atoms with van der Waals surface area (Å²) in [5.41, 5.74) is -0.406. The van der Waals surface area contributed by atoms with E-state index >= 15 is 0 Å². The zero-order valence-electron chi connectivity index (χ0n) is 10.1. The molecule has 20 heavy (non-hydrogen) atoms. The van der Waals surface area contributed by atoms with Gasteiger partial charge in [-0.25, -0.2) is 0 Å². The van der Waals surface area contributed by atoms with E-state index < -0.39 is 11.7 Å². The Morgan fingerprint density at radius 3 is 2.30 bits per heavy atom. The summed E-state index contributed by atoms with van der Waals surface area (Å²) in [6.45, 7) is 0. The molecule has 0 atom stereocenters. The summed E-state index contributed by atoms with van der Waals surface area (Å²) in [5, 5.41) is 12.4. The lowest BCUT2D eigenvalue weighted by Crippen LogP contribution is -2.06. The van der Waals surface area contributed by atoms with Crippen LogP contribution in [0, 0.1) is 5.21 Å². The molecule has 0 amide bonds. The highest BCUT2D eigenvalue weighted by Gasteiger charge is 2.31. The van der Waals surface area contributed by atoms with Crippen LogP contribution in [0.4, 0.5) is 18.9 Å². The van der Waals surface area contributed by atoms with Gasteiger partial charge in [-0.15, -0.1) is 0 Å². The Morgan fingerprint density at radius 2 is 1.70 bits per heavy atom. The van der Waals surface area contributed by atoms with Crippen molar-refractivity contribution in [2.75, 3.05) is 0 Å². The molecular formula is C14H9ClF3NO. The van der Waals surface area contributed by atoms with Crippen molar-refractivity contribution in [2.45, 2.75) is 6.18 Å². The van der Waals surface area contributed by atoms with Gasteiger partial charge in [-0.05, 0) is 30.3 Å². The topological polar surface area (TPSA) is 26.1 Å². The Labute approximate surface area is 118 Å². The lowest BCUT2D eigenvalue weighted by Gasteiger charge is -2.08. The van der Waals surface area contributed by atoms with Crippen LogP contribution in [0.15, 0.2) is 48.5 Å². The van der Waals surface area contributed by atoms with Gasteiger partial charge in [0.1, 0.15) is 0 Å². The van der Waals surface area contributed by atoms with Crippen molar-refractivity contribution in [1.82, 2.24) is 0 Å². The van der Waals surface area contributed by atoms with E-state index in [1.807, 2.05) is 0 Å². The van der Waals surface area contributed by atoms with Crippen molar-refractivity contribution in [1.29, 1.82) is 0 Å². The predicted octanol–water partition coefficient (Wildman–Crippen LogP) is 4.62. The Bertz CT molecular complexity index is 636. The van der Waals surface area contributed by atoms with E-state index in [1.165, 1.54) is 18.3 Å². The molecule has 2 aromatic rings. The minimum absolute atomic E-state index is 0.0882. The number of rotatable bonds is 2. The van der Waals surface area contributed by atoms with Gasteiger partial charge in [-0.1, -0.05) is 17.7 Å². The molecule has 0 aliphatic heterocycles. The van der Waals surface area contributed by atoms with E-state index in [-0.39, 0.29) is 5.69 Å². The molecule has 0 fully saturated rings. The molecule has 0 saturated carbocycles. The molecule has 0 spiro atoms. The standard InChI is InChI=1S/C14H9ClF3NO/c15-12-6-4-10(5-7-12)9-19(20)13-3-1-2-11(8-13)14(16,17)18/h1-9H. The number of hydrogen-bond acceptors (Lipinski definition) is 1. The SMILES string of the molecule is [O-][N+](=Cc1ccc(Cl)cc1)c1cccc(C(F)(F)F)c1. The fourth-order valence-corrected chi connectivity index (χ4v) is 1.70. The summed E-state index contributed by atoms with van der Waals surface area (Å²) in [5.74, 6) is 0. The molecule has 0 N–H and O–H groups in total. The van der Waals surface area contributed by atoms with Crippen molar-refractivity contribution in [3.63, 3.8) is 0 Å². The van der Waals surface area contributed by atoms with E-state index in [4.69, 9.17) is 11.6 Å². The largest absolute Gasteiger partial charge is 0.618 e. The van der Waals surface area contributed by atoms with Crippen LogP contribution in [-0.4, -0.2) is 11.0 Å². The molecule has 0 bridgehead atoms. The van der Waals surface area contributed by atoms with Crippen LogP contribution in [0.25, 0.3) is 0 Å². The molecule has 0 heterocycles. The second-order valence-corrected chi connectivity index (χ2v) is 4.49. The minimum Gasteiger partial charge on any atom is -0.618 e. The van der Waals surface area contributed by atoms with Crippen molar-refractivity contribution in [2.24, 2.45) is 0 Å². The number of hydrogen-bond donors (Lipinski definition) is 0. The molecular weight excluding hydrogens is 291 g/mol. The second kappa shape index (κ2) is 5.54. The Morgan fingerprint density at radius 1 is 1.05 bits per heavy atom. The molecule has 2 rings (SSSR count). The first-order chi connectivity index (χ1) is 9.36. The Kier molecular flexibility index (Phi) is 3.99. The first-order valence-corrected chi connectivity index (χ1v) is 5.98. The third kappa shape index (κ3) is 3.51. The lowest BCUT2D eigenvalue weighted by molar-refractivity contribution is -0.354. The van der Waals surface area contributed by atoms with Gasteiger partial charge < -0.3 is 5.21 Å². The van der Waals surface area contributed by atoms with Gasteiger partial charge in [0.2, 0.25) is 5.69 Å². The maximum Gasteiger partial charge on any atom is 0.416 e. The first kappa shape index (κ1) is 14.4. The van der Waals surface area contributed by atoms with Gasteiger partial charge >= 0.3 is 6.18 Å². The lowest BCUT2D eigenvalue weighted by atomic mass is 10.2. The molecule has 0 saturated heterocycles. The highest BCUT2D eigenvalue weighted by atomic mass is 35.5. The zero-order valence-corrected chi connectivity index (χ0v) is 10.8. The smallest absolute Gasteiger partial charge is 0.416 e. The monoisotopic (exact) mass is 299 g/mol. The summed E-state index contributed by atoms with van der Waals surface area (Å²) in [4.78, 5) is 0. The highest BCUT2D eigenvalue weighted by molar-refractivity contribution is 6.30. The summed E-state index contributed by atoms with van der Waals surface area (Å²) >= 11 is 5.71. The molecule has 0 unspecified atom stereocenters. The van der Waals surface area contributed by atoms with Gasteiger partial charge in [-0.3, -0.25) is 0 Å². The average Bonchev–Trinajstić information content (AvgIpc) is 2.40. The van der Waals surface area contributed by atoms with E-state index in [0.29, 0.717) is 15.3 Å². The quantitative estimate of drug-likeness (QED) is 0.344. The summed E-state index contributed by atoms with van der Waals surface area (Å²) in [7, 11) is 0. The number of benzene rings is 2. The van der Waals surface area contributed by atoms with Crippen molar-refractivity contribution >= 4 is 23.5 Å². The molecule has 2 nitrogen and oxygen atoms in total. The van der Waals surface area contributed by atoms with Crippen molar-refractivity contribution in [3.8, 4) is 0 Å². The third-order valence-corrected chi connectivity index (χ3v) is 2.82. The van der Waals surface area contributed by atoms with Crippen LogP contribution in [0.3, 0.4) is 0 Å². The molecule has 104 valence electrons. The van der Waals surface area contributed by atoms with E-state index in [0.717, 1.165) is 12.1 Å². The highest BCUT2D eigenvalue weighted by Crippen LogP contribution is 2.31. The van der Waals surface area contributed by atoms with Crippen LogP contribution in [0.5, 0.6) is 0 Å². The van der Waals surface area contributed by atoms with Crippen LogP contribution in [0.2, 0.25) is 5.02 Å². The predicted molar refractivity (Wildman–Crippen MR) is 71.3 cm³/mol. The molecule has 0 aromatic heterocycles. The fraction of sp³-hybridized carbons (Fsp3) is 0.0714. The molecule has 6 heteroatoms. The van der Waals surface area contributed by atoms with Crippen molar-refractivity contribution in [3.05, 3.63) is 69.9 Å². The van der Waals surface area contributed by atoms with E-state index in [9.17, 15) is 18.4 Å². The average molecular weight is 300 g/mol. The maximum absolute atomic E-state index is 12.6. The third-order valence-electron chi connectivity index (χ3n) is 2.56. The maximum atomic E-state index is 12.6. The summed E-state index contributed by atoms with van der Waals surface area (Å²) in [6.07, 6.45) is -3.29. The molecule has 0 aliphatic rings. The normalized spacial score (nSPS) is 12.5. The summed E-state index contributed by atoms with van der Waals surface area (Å²) in [6, 6.07) is 10.6. The second-order valence-electron chi connectivity index (χ2n) is 4.05. The van der Waals surface area contributed by atoms with Gasteiger partial charge in [0.05, 0.1) is 5.56 Å². The minimum atomic E-state index is -4.48. The van der Waals surface area contributed by atoms with Crippen LogP contribution >= 0.6 is 11.6 Å². The summed E-state index contributed by atoms with van der Waals surface area (Å²) < 4.78 is 38.1. The number of nitrogens with zero attached hydrogens (tertiary/aromatic N) is 1. The zero-order chi connectivity index (χ0) is 14.8. The fourth-order valence-electron chi connectivity index (χ4n) is 1.58. The van der Waals surface area contributed by atoms with Crippen LogP contribution in [-0.2, 0) is 6.18 Å². The Balaban J connectivity index is 2.33. The Hall–Kier alpha value is -2.01. The van der Waals surface area contributed by atoms with Crippen LogP contribution < -0.4 is 0 Å². The van der Waals surface area contributed by atoms with Gasteiger partial charge in [0.15, 0.2) is 6.21 Å². The number of halogens is 4. The van der Waals surface area contributed by atoms with Gasteiger partial charge in [0, 0.05) is 22.7 Å². The van der Waals surface area contributed by atoms with E-state index in [2.05, 4.69) is 0 Å². The first-order valence-electron chi connectivity index (χ1n) is 5.60. The molecule has 0 radical (unpaired) electrons. The van der Waals surface area contributed by atoms with E-state index in [1.54, 1.807) is 24.3 Å². The van der Waals surface area contributed by atoms with Crippen LogP contribution in [0.1, 0.15) is 11.1 Å². The number of alkyl halides is 3. The molecule has 2 aromatic carbocycles. The van der Waals surface area contributed by atoms with Crippen molar-refractivity contribution < 1.29 is 17.9 Å². The van der Waals surface area contributed by atoms with Gasteiger partial charge in [0.25, 0.3) is 0 Å². The van der Waals surface area contributed by atoms with Gasteiger partial charge in [-0.2, -0.15) is 17.9 Å². The molecule has 0 aliphatic carbocycles.